The molecule has 100 valence electrons. The van der Waals surface area contributed by atoms with Crippen LogP contribution in [-0.4, -0.2) is 15.5 Å². The second kappa shape index (κ2) is 5.46. The average molecular weight is 330 g/mol. The summed E-state index contributed by atoms with van der Waals surface area (Å²) < 4.78 is 2.95. The maximum atomic E-state index is 12.0. The predicted octanol–water partition coefficient (Wildman–Crippen LogP) is 3.44. The molecule has 0 spiro atoms. The van der Waals surface area contributed by atoms with E-state index in [9.17, 15) is 4.79 Å². The minimum absolute atomic E-state index is 0.0736. The molecule has 3 rings (SSSR count). The van der Waals surface area contributed by atoms with Gasteiger partial charge in [-0.1, -0.05) is 22.0 Å². The molecule has 0 saturated heterocycles. The van der Waals surface area contributed by atoms with Gasteiger partial charge in [0.15, 0.2) is 0 Å². The van der Waals surface area contributed by atoms with Crippen LogP contribution in [0.1, 0.15) is 0 Å². The molecule has 0 aliphatic carbocycles. The number of hydrogen-bond acceptors (Lipinski definition) is 2. The van der Waals surface area contributed by atoms with Gasteiger partial charge in [-0.15, -0.1) is 0 Å². The molecule has 0 atom stereocenters. The van der Waals surface area contributed by atoms with Crippen molar-refractivity contribution in [1.29, 1.82) is 0 Å². The van der Waals surface area contributed by atoms with E-state index in [0.717, 1.165) is 15.4 Å². The second-order valence-corrected chi connectivity index (χ2v) is 5.26. The fourth-order valence-electron chi connectivity index (χ4n) is 2.12. The van der Waals surface area contributed by atoms with Crippen LogP contribution in [-0.2, 0) is 11.3 Å². The number of aromatic nitrogens is 2. The normalized spacial score (nSPS) is 10.7. The summed E-state index contributed by atoms with van der Waals surface area (Å²) in [5.41, 5.74) is 1.73. The number of fused-ring (bicyclic) bond motifs is 1. The van der Waals surface area contributed by atoms with Gasteiger partial charge in [0, 0.05) is 27.8 Å². The largest absolute Gasteiger partial charge is 0.338 e. The molecular weight excluding hydrogens is 318 g/mol. The third-order valence-electron chi connectivity index (χ3n) is 3.02. The molecule has 0 fully saturated rings. The van der Waals surface area contributed by atoms with Crippen LogP contribution in [0.2, 0.25) is 0 Å². The van der Waals surface area contributed by atoms with Gasteiger partial charge >= 0.3 is 0 Å². The summed E-state index contributed by atoms with van der Waals surface area (Å²) in [6.45, 7) is 0.273. The van der Waals surface area contributed by atoms with E-state index in [-0.39, 0.29) is 12.5 Å². The lowest BCUT2D eigenvalue weighted by Crippen LogP contribution is -2.18. The van der Waals surface area contributed by atoms with E-state index in [1.807, 2.05) is 41.1 Å². The molecule has 1 aromatic carbocycles. The molecule has 5 heteroatoms. The molecule has 2 heterocycles. The summed E-state index contributed by atoms with van der Waals surface area (Å²) in [5, 5.41) is 3.92. The van der Waals surface area contributed by atoms with Gasteiger partial charge in [0.2, 0.25) is 5.91 Å². The van der Waals surface area contributed by atoms with Crippen molar-refractivity contribution < 1.29 is 4.79 Å². The number of benzene rings is 1. The molecule has 0 unspecified atom stereocenters. The van der Waals surface area contributed by atoms with Crippen LogP contribution in [0.4, 0.5) is 5.69 Å². The maximum Gasteiger partial charge on any atom is 0.244 e. The molecular formula is C15H12BrN3O. The van der Waals surface area contributed by atoms with E-state index in [2.05, 4.69) is 26.2 Å². The van der Waals surface area contributed by atoms with Crippen molar-refractivity contribution in [2.75, 3.05) is 5.32 Å². The first-order valence-corrected chi connectivity index (χ1v) is 6.96. The Morgan fingerprint density at radius 1 is 1.25 bits per heavy atom. The van der Waals surface area contributed by atoms with Gasteiger partial charge in [0.1, 0.15) is 6.54 Å². The number of pyridine rings is 1. The summed E-state index contributed by atoms with van der Waals surface area (Å²) in [6, 6.07) is 11.5. The molecule has 1 N–H and O–H groups in total. The number of carbonyl (C=O) groups is 1. The van der Waals surface area contributed by atoms with Crippen LogP contribution in [0.3, 0.4) is 0 Å². The first kappa shape index (κ1) is 12.9. The van der Waals surface area contributed by atoms with E-state index in [1.165, 1.54) is 0 Å². The number of carbonyl (C=O) groups excluding carboxylic acids is 1. The maximum absolute atomic E-state index is 12.0. The van der Waals surface area contributed by atoms with Crippen molar-refractivity contribution in [1.82, 2.24) is 9.55 Å². The van der Waals surface area contributed by atoms with Crippen molar-refractivity contribution in [3.05, 3.63) is 59.5 Å². The quantitative estimate of drug-likeness (QED) is 0.800. The van der Waals surface area contributed by atoms with E-state index in [1.54, 1.807) is 18.5 Å². The van der Waals surface area contributed by atoms with E-state index in [4.69, 9.17) is 0 Å². The number of amides is 1. The van der Waals surface area contributed by atoms with Crippen LogP contribution in [0.5, 0.6) is 0 Å². The molecule has 20 heavy (non-hydrogen) atoms. The number of anilines is 1. The SMILES string of the molecule is O=C(Cn1ccc2c(Br)cccc21)Nc1cccnc1. The fourth-order valence-corrected chi connectivity index (χ4v) is 2.60. The van der Waals surface area contributed by atoms with Gasteiger partial charge in [-0.25, -0.2) is 0 Å². The second-order valence-electron chi connectivity index (χ2n) is 4.41. The fraction of sp³-hybridized carbons (Fsp3) is 0.0667. The smallest absolute Gasteiger partial charge is 0.244 e. The molecule has 0 bridgehead atoms. The summed E-state index contributed by atoms with van der Waals surface area (Å²) in [5.74, 6) is -0.0736. The molecule has 2 aromatic heterocycles. The van der Waals surface area contributed by atoms with Crippen molar-refractivity contribution >= 4 is 38.4 Å². The topological polar surface area (TPSA) is 46.9 Å². The standard InChI is InChI=1S/C15H12BrN3O/c16-13-4-1-5-14-12(13)6-8-19(14)10-15(20)18-11-3-2-7-17-9-11/h1-9H,10H2,(H,18,20). The van der Waals surface area contributed by atoms with Crippen LogP contribution < -0.4 is 5.32 Å². The molecule has 4 nitrogen and oxygen atoms in total. The van der Waals surface area contributed by atoms with E-state index in [0.29, 0.717) is 5.69 Å². The van der Waals surface area contributed by atoms with Crippen molar-refractivity contribution in [2.45, 2.75) is 6.54 Å². The Morgan fingerprint density at radius 2 is 2.15 bits per heavy atom. The molecule has 3 aromatic rings. The van der Waals surface area contributed by atoms with Gasteiger partial charge in [0.05, 0.1) is 11.9 Å². The highest BCUT2D eigenvalue weighted by molar-refractivity contribution is 9.10. The Morgan fingerprint density at radius 3 is 2.95 bits per heavy atom. The summed E-state index contributed by atoms with van der Waals surface area (Å²) >= 11 is 3.51. The highest BCUT2D eigenvalue weighted by Crippen LogP contribution is 2.24. The van der Waals surface area contributed by atoms with E-state index < -0.39 is 0 Å². The third kappa shape index (κ3) is 2.58. The van der Waals surface area contributed by atoms with Gasteiger partial charge in [-0.05, 0) is 30.3 Å². The number of rotatable bonds is 3. The number of hydrogen-bond donors (Lipinski definition) is 1. The first-order valence-electron chi connectivity index (χ1n) is 6.17. The van der Waals surface area contributed by atoms with Gasteiger partial charge in [-0.2, -0.15) is 0 Å². The predicted molar refractivity (Wildman–Crippen MR) is 82.5 cm³/mol. The number of nitrogens with one attached hydrogen (secondary N) is 1. The Hall–Kier alpha value is -2.14. The Labute approximate surface area is 124 Å². The van der Waals surface area contributed by atoms with Crippen LogP contribution in [0.25, 0.3) is 10.9 Å². The van der Waals surface area contributed by atoms with Crippen LogP contribution in [0, 0.1) is 0 Å². The zero-order valence-corrected chi connectivity index (χ0v) is 12.2. The van der Waals surface area contributed by atoms with Crippen molar-refractivity contribution in [3.8, 4) is 0 Å². The highest BCUT2D eigenvalue weighted by atomic mass is 79.9. The minimum atomic E-state index is -0.0736. The molecule has 0 aliphatic rings. The van der Waals surface area contributed by atoms with Gasteiger partial charge in [-0.3, -0.25) is 9.78 Å². The zero-order chi connectivity index (χ0) is 13.9. The first-order chi connectivity index (χ1) is 9.74. The molecule has 0 saturated carbocycles. The van der Waals surface area contributed by atoms with Crippen LogP contribution >= 0.6 is 15.9 Å². The number of halogens is 1. The van der Waals surface area contributed by atoms with Crippen LogP contribution in [0.15, 0.2) is 59.5 Å². The van der Waals surface area contributed by atoms with E-state index >= 15 is 0 Å². The summed E-state index contributed by atoms with van der Waals surface area (Å²) in [7, 11) is 0. The lowest BCUT2D eigenvalue weighted by Gasteiger charge is -2.07. The van der Waals surface area contributed by atoms with Gasteiger partial charge in [0.25, 0.3) is 0 Å². The lowest BCUT2D eigenvalue weighted by molar-refractivity contribution is -0.116. The molecule has 0 radical (unpaired) electrons. The minimum Gasteiger partial charge on any atom is -0.338 e. The monoisotopic (exact) mass is 329 g/mol. The Kier molecular flexibility index (Phi) is 3.52. The third-order valence-corrected chi connectivity index (χ3v) is 3.71. The summed E-state index contributed by atoms with van der Waals surface area (Å²) in [4.78, 5) is 16.0. The average Bonchev–Trinajstić information content (AvgIpc) is 2.84. The Balaban J connectivity index is 1.80. The summed E-state index contributed by atoms with van der Waals surface area (Å²) in [6.07, 6.45) is 5.22. The Bertz CT molecular complexity index is 752. The van der Waals surface area contributed by atoms with Crippen molar-refractivity contribution in [2.24, 2.45) is 0 Å². The number of nitrogens with zero attached hydrogens (tertiary/aromatic N) is 2. The molecule has 0 aliphatic heterocycles. The van der Waals surface area contributed by atoms with Crippen molar-refractivity contribution in [3.63, 3.8) is 0 Å². The highest BCUT2D eigenvalue weighted by Gasteiger charge is 2.08. The molecule has 1 amide bonds. The van der Waals surface area contributed by atoms with Gasteiger partial charge < -0.3 is 9.88 Å². The lowest BCUT2D eigenvalue weighted by atomic mass is 10.2. The zero-order valence-electron chi connectivity index (χ0n) is 10.6.